The number of rotatable bonds is 2. The summed E-state index contributed by atoms with van der Waals surface area (Å²) in [4.78, 5) is 8.33. The van der Waals surface area contributed by atoms with Crippen molar-refractivity contribution in [2.24, 2.45) is 0 Å². The Balaban J connectivity index is 2.34. The highest BCUT2D eigenvalue weighted by Gasteiger charge is 2.04. The van der Waals surface area contributed by atoms with Gasteiger partial charge in [-0.05, 0) is 43.7 Å². The first-order chi connectivity index (χ1) is 8.58. The number of aromatic nitrogens is 2. The van der Waals surface area contributed by atoms with E-state index in [0.717, 1.165) is 16.9 Å². The fourth-order valence-corrected chi connectivity index (χ4v) is 1.80. The molecule has 0 fully saturated rings. The zero-order chi connectivity index (χ0) is 13.1. The summed E-state index contributed by atoms with van der Waals surface area (Å²) in [6, 6.07) is 9.14. The monoisotopic (exact) mass is 258 g/mol. The molecule has 0 aliphatic carbocycles. The van der Waals surface area contributed by atoms with Crippen molar-refractivity contribution >= 4 is 23.2 Å². The molecule has 18 heavy (non-hydrogen) atoms. The maximum atomic E-state index is 8.86. The van der Waals surface area contributed by atoms with Gasteiger partial charge in [0.15, 0.2) is 0 Å². The molecule has 1 N–H and O–H groups in total. The number of benzene rings is 1. The molecule has 1 aromatic heterocycles. The Labute approximate surface area is 110 Å². The third kappa shape index (κ3) is 2.76. The molecule has 0 spiro atoms. The predicted octanol–water partition coefficient (Wildman–Crippen LogP) is 3.36. The van der Waals surface area contributed by atoms with Gasteiger partial charge >= 0.3 is 0 Å². The molecule has 1 heterocycles. The second-order valence-electron chi connectivity index (χ2n) is 3.91. The van der Waals surface area contributed by atoms with E-state index in [1.165, 1.54) is 0 Å². The normalized spacial score (nSPS) is 9.89. The third-order valence-corrected chi connectivity index (χ3v) is 2.64. The van der Waals surface area contributed by atoms with Gasteiger partial charge in [0.2, 0.25) is 5.95 Å². The number of aryl methyl sites for hydroxylation is 2. The Morgan fingerprint density at radius 2 is 2.00 bits per heavy atom. The Bertz CT molecular complexity index is 631. The molecule has 0 saturated carbocycles. The van der Waals surface area contributed by atoms with Gasteiger partial charge in [-0.25, -0.2) is 9.97 Å². The standard InChI is InChI=1S/C13H11ClN4/c1-8-5-10(14)3-4-12(8)18-13-16-9(2)6-11(7-15)17-13/h3-6H,1-2H3,(H,16,17,18). The largest absolute Gasteiger partial charge is 0.324 e. The molecule has 0 radical (unpaired) electrons. The van der Waals surface area contributed by atoms with Gasteiger partial charge in [0.05, 0.1) is 0 Å². The van der Waals surface area contributed by atoms with E-state index in [2.05, 4.69) is 15.3 Å². The van der Waals surface area contributed by atoms with Crippen LogP contribution in [0.4, 0.5) is 11.6 Å². The summed E-state index contributed by atoms with van der Waals surface area (Å²) in [5.74, 6) is 0.414. The Kier molecular flexibility index (Phi) is 3.45. The Hall–Kier alpha value is -2.12. The number of anilines is 2. The molecule has 0 saturated heterocycles. The lowest BCUT2D eigenvalue weighted by molar-refractivity contribution is 1.08. The van der Waals surface area contributed by atoms with Crippen LogP contribution in [0.2, 0.25) is 5.02 Å². The number of halogens is 1. The molecule has 2 rings (SSSR count). The minimum atomic E-state index is 0.344. The molecular formula is C13H11ClN4. The fraction of sp³-hybridized carbons (Fsp3) is 0.154. The van der Waals surface area contributed by atoms with E-state index in [1.807, 2.05) is 32.0 Å². The molecule has 0 aliphatic heterocycles. The van der Waals surface area contributed by atoms with Gasteiger partial charge in [-0.2, -0.15) is 5.26 Å². The van der Waals surface area contributed by atoms with Crippen LogP contribution in [-0.4, -0.2) is 9.97 Å². The van der Waals surface area contributed by atoms with Crippen molar-refractivity contribution in [1.82, 2.24) is 9.97 Å². The van der Waals surface area contributed by atoms with E-state index in [1.54, 1.807) is 12.1 Å². The van der Waals surface area contributed by atoms with Crippen LogP contribution in [0.25, 0.3) is 0 Å². The predicted molar refractivity (Wildman–Crippen MR) is 71.0 cm³/mol. The SMILES string of the molecule is Cc1cc(C#N)nc(Nc2ccc(Cl)cc2C)n1. The van der Waals surface area contributed by atoms with Gasteiger partial charge < -0.3 is 5.32 Å². The number of nitrogens with one attached hydrogen (secondary N) is 1. The second kappa shape index (κ2) is 5.03. The van der Waals surface area contributed by atoms with Crippen molar-refractivity contribution in [2.45, 2.75) is 13.8 Å². The molecule has 1 aromatic carbocycles. The van der Waals surface area contributed by atoms with Crippen LogP contribution in [0.5, 0.6) is 0 Å². The van der Waals surface area contributed by atoms with Crippen molar-refractivity contribution in [1.29, 1.82) is 5.26 Å². The molecule has 0 aliphatic rings. The van der Waals surface area contributed by atoms with Crippen LogP contribution in [0.1, 0.15) is 17.0 Å². The van der Waals surface area contributed by atoms with Gasteiger partial charge in [-0.3, -0.25) is 0 Å². The van der Waals surface area contributed by atoms with Gasteiger partial charge in [0.1, 0.15) is 11.8 Å². The number of hydrogen-bond donors (Lipinski definition) is 1. The van der Waals surface area contributed by atoms with E-state index in [9.17, 15) is 0 Å². The van der Waals surface area contributed by atoms with Crippen molar-refractivity contribution < 1.29 is 0 Å². The maximum Gasteiger partial charge on any atom is 0.228 e. The van der Waals surface area contributed by atoms with Crippen molar-refractivity contribution in [3.8, 4) is 6.07 Å². The summed E-state index contributed by atoms with van der Waals surface area (Å²) >= 11 is 5.89. The third-order valence-electron chi connectivity index (χ3n) is 2.40. The summed E-state index contributed by atoms with van der Waals surface area (Å²) in [5, 5.41) is 12.6. The number of hydrogen-bond acceptors (Lipinski definition) is 4. The van der Waals surface area contributed by atoms with Crippen LogP contribution in [-0.2, 0) is 0 Å². The van der Waals surface area contributed by atoms with E-state index in [4.69, 9.17) is 16.9 Å². The molecule has 4 nitrogen and oxygen atoms in total. The quantitative estimate of drug-likeness (QED) is 0.897. The highest BCUT2D eigenvalue weighted by atomic mass is 35.5. The zero-order valence-corrected chi connectivity index (χ0v) is 10.8. The van der Waals surface area contributed by atoms with E-state index in [0.29, 0.717) is 16.7 Å². The van der Waals surface area contributed by atoms with Gasteiger partial charge in [0.25, 0.3) is 0 Å². The first-order valence-electron chi connectivity index (χ1n) is 5.37. The lowest BCUT2D eigenvalue weighted by Gasteiger charge is -2.08. The molecule has 0 amide bonds. The molecule has 0 atom stereocenters. The average molecular weight is 259 g/mol. The van der Waals surface area contributed by atoms with Gasteiger partial charge in [-0.1, -0.05) is 11.6 Å². The summed E-state index contributed by atoms with van der Waals surface area (Å²) in [6.07, 6.45) is 0. The molecule has 5 heteroatoms. The number of nitrogens with zero attached hydrogens (tertiary/aromatic N) is 3. The van der Waals surface area contributed by atoms with Crippen molar-refractivity contribution in [3.63, 3.8) is 0 Å². The molecule has 2 aromatic rings. The summed E-state index contributed by atoms with van der Waals surface area (Å²) < 4.78 is 0. The van der Waals surface area contributed by atoms with E-state index < -0.39 is 0 Å². The molecular weight excluding hydrogens is 248 g/mol. The molecule has 90 valence electrons. The topological polar surface area (TPSA) is 61.6 Å². The smallest absolute Gasteiger partial charge is 0.228 e. The Morgan fingerprint density at radius 1 is 1.22 bits per heavy atom. The lowest BCUT2D eigenvalue weighted by Crippen LogP contribution is -2.01. The van der Waals surface area contributed by atoms with Crippen LogP contribution in [0.15, 0.2) is 24.3 Å². The highest BCUT2D eigenvalue weighted by molar-refractivity contribution is 6.30. The number of nitriles is 1. The lowest BCUT2D eigenvalue weighted by atomic mass is 10.2. The first-order valence-corrected chi connectivity index (χ1v) is 5.75. The van der Waals surface area contributed by atoms with Gasteiger partial charge in [-0.15, -0.1) is 0 Å². The molecule has 0 unspecified atom stereocenters. The van der Waals surface area contributed by atoms with Crippen LogP contribution < -0.4 is 5.32 Å². The van der Waals surface area contributed by atoms with Gasteiger partial charge in [0, 0.05) is 16.4 Å². The first kappa shape index (κ1) is 12.3. The Morgan fingerprint density at radius 3 is 2.67 bits per heavy atom. The summed E-state index contributed by atoms with van der Waals surface area (Å²) in [6.45, 7) is 3.76. The van der Waals surface area contributed by atoms with Crippen LogP contribution >= 0.6 is 11.6 Å². The second-order valence-corrected chi connectivity index (χ2v) is 4.35. The van der Waals surface area contributed by atoms with Crippen molar-refractivity contribution in [2.75, 3.05) is 5.32 Å². The van der Waals surface area contributed by atoms with E-state index in [-0.39, 0.29) is 0 Å². The average Bonchev–Trinajstić information content (AvgIpc) is 2.32. The minimum Gasteiger partial charge on any atom is -0.324 e. The minimum absolute atomic E-state index is 0.344. The van der Waals surface area contributed by atoms with E-state index >= 15 is 0 Å². The highest BCUT2D eigenvalue weighted by Crippen LogP contribution is 2.22. The zero-order valence-electron chi connectivity index (χ0n) is 10.0. The van der Waals surface area contributed by atoms with Crippen molar-refractivity contribution in [3.05, 3.63) is 46.2 Å². The van der Waals surface area contributed by atoms with Crippen LogP contribution in [0.3, 0.4) is 0 Å². The summed E-state index contributed by atoms with van der Waals surface area (Å²) in [5.41, 5.74) is 2.95. The summed E-state index contributed by atoms with van der Waals surface area (Å²) in [7, 11) is 0. The van der Waals surface area contributed by atoms with Crippen LogP contribution in [0, 0.1) is 25.2 Å². The fourth-order valence-electron chi connectivity index (χ4n) is 1.57. The molecule has 0 bridgehead atoms. The maximum absolute atomic E-state index is 8.86.